The molecule has 1 aromatic heterocycles. The van der Waals surface area contributed by atoms with Crippen LogP contribution in [-0.2, 0) is 11.3 Å². The first-order valence-corrected chi connectivity index (χ1v) is 9.73. The summed E-state index contributed by atoms with van der Waals surface area (Å²) in [6.07, 6.45) is 1.67. The topological polar surface area (TPSA) is 93.5 Å². The van der Waals surface area contributed by atoms with Crippen LogP contribution in [0.15, 0.2) is 73.1 Å². The number of aromatic nitrogens is 2. The Labute approximate surface area is 178 Å². The summed E-state index contributed by atoms with van der Waals surface area (Å²) < 4.78 is 7.25. The second-order valence-electron chi connectivity index (χ2n) is 7.02. The van der Waals surface area contributed by atoms with Crippen molar-refractivity contribution in [1.82, 2.24) is 14.9 Å². The first-order chi connectivity index (χ1) is 15.1. The molecule has 31 heavy (non-hydrogen) atoms. The van der Waals surface area contributed by atoms with Gasteiger partial charge < -0.3 is 19.7 Å². The van der Waals surface area contributed by atoms with Gasteiger partial charge in [0.05, 0.1) is 19.0 Å². The van der Waals surface area contributed by atoms with E-state index in [1.54, 1.807) is 12.4 Å². The smallest absolute Gasteiger partial charge is 0.322 e. The molecule has 0 radical (unpaired) electrons. The molecular weight excluding hydrogens is 394 g/mol. The van der Waals surface area contributed by atoms with Crippen LogP contribution in [0.1, 0.15) is 15.9 Å². The lowest BCUT2D eigenvalue weighted by Crippen LogP contribution is -2.29. The van der Waals surface area contributed by atoms with Crippen LogP contribution in [0.5, 0.6) is 5.75 Å². The molecule has 0 saturated carbocycles. The number of benzene rings is 3. The van der Waals surface area contributed by atoms with Gasteiger partial charge in [0.25, 0.3) is 5.91 Å². The Kier molecular flexibility index (Phi) is 5.66. The fraction of sp³-hybridized carbons (Fsp3) is 0.125. The number of carbonyl (C=O) groups is 2. The molecule has 156 valence electrons. The Morgan fingerprint density at radius 1 is 1.00 bits per heavy atom. The van der Waals surface area contributed by atoms with Gasteiger partial charge in [-0.2, -0.15) is 0 Å². The molecule has 3 aromatic carbocycles. The SMILES string of the molecule is COc1ccc2c(ncn2Cc2ccc(-c3ccccc3)cc2)c1C(=O)NCC(=O)O. The van der Waals surface area contributed by atoms with Gasteiger partial charge in [0, 0.05) is 6.54 Å². The Morgan fingerprint density at radius 3 is 2.39 bits per heavy atom. The number of carboxylic acids is 1. The molecule has 0 saturated heterocycles. The third kappa shape index (κ3) is 4.25. The van der Waals surface area contributed by atoms with E-state index in [0.29, 0.717) is 17.8 Å². The van der Waals surface area contributed by atoms with E-state index in [2.05, 4.69) is 46.7 Å². The lowest BCUT2D eigenvalue weighted by molar-refractivity contribution is -0.135. The number of nitrogens with one attached hydrogen (secondary N) is 1. The quantitative estimate of drug-likeness (QED) is 0.481. The minimum atomic E-state index is -1.12. The zero-order valence-corrected chi connectivity index (χ0v) is 16.9. The van der Waals surface area contributed by atoms with Crippen molar-refractivity contribution in [2.75, 3.05) is 13.7 Å². The van der Waals surface area contributed by atoms with E-state index in [9.17, 15) is 9.59 Å². The van der Waals surface area contributed by atoms with Crippen LogP contribution in [0.2, 0.25) is 0 Å². The van der Waals surface area contributed by atoms with Gasteiger partial charge in [-0.25, -0.2) is 4.98 Å². The molecule has 0 aliphatic carbocycles. The second kappa shape index (κ2) is 8.71. The fourth-order valence-electron chi connectivity index (χ4n) is 3.50. The molecule has 4 rings (SSSR count). The second-order valence-corrected chi connectivity index (χ2v) is 7.02. The normalized spacial score (nSPS) is 10.7. The van der Waals surface area contributed by atoms with Crippen molar-refractivity contribution in [3.8, 4) is 16.9 Å². The maximum atomic E-state index is 12.6. The van der Waals surface area contributed by atoms with Crippen molar-refractivity contribution >= 4 is 22.9 Å². The maximum absolute atomic E-state index is 12.6. The van der Waals surface area contributed by atoms with Gasteiger partial charge in [0.15, 0.2) is 0 Å². The van der Waals surface area contributed by atoms with E-state index in [4.69, 9.17) is 9.84 Å². The predicted octanol–water partition coefficient (Wildman–Crippen LogP) is 3.57. The highest BCUT2D eigenvalue weighted by molar-refractivity contribution is 6.08. The number of aliphatic carboxylic acids is 1. The number of carbonyl (C=O) groups excluding carboxylic acids is 1. The first-order valence-electron chi connectivity index (χ1n) is 9.73. The number of ether oxygens (including phenoxy) is 1. The number of carboxylic acid groups (broad SMARTS) is 1. The summed E-state index contributed by atoms with van der Waals surface area (Å²) in [6.45, 7) is 0.0981. The number of fused-ring (bicyclic) bond motifs is 1. The monoisotopic (exact) mass is 415 g/mol. The summed E-state index contributed by atoms with van der Waals surface area (Å²) in [5.74, 6) is -1.32. The zero-order valence-electron chi connectivity index (χ0n) is 16.9. The van der Waals surface area contributed by atoms with Gasteiger partial charge in [0.2, 0.25) is 0 Å². The van der Waals surface area contributed by atoms with Crippen LogP contribution < -0.4 is 10.1 Å². The Balaban J connectivity index is 1.63. The number of imidazole rings is 1. The van der Waals surface area contributed by atoms with E-state index in [1.165, 1.54) is 7.11 Å². The minimum absolute atomic E-state index is 0.222. The van der Waals surface area contributed by atoms with Crippen molar-refractivity contribution in [3.05, 3.63) is 84.2 Å². The van der Waals surface area contributed by atoms with Crippen molar-refractivity contribution in [2.24, 2.45) is 0 Å². The third-order valence-corrected chi connectivity index (χ3v) is 5.02. The van der Waals surface area contributed by atoms with Crippen LogP contribution in [0.3, 0.4) is 0 Å². The van der Waals surface area contributed by atoms with Crippen molar-refractivity contribution in [3.63, 3.8) is 0 Å². The average Bonchev–Trinajstić information content (AvgIpc) is 3.20. The van der Waals surface area contributed by atoms with E-state index in [0.717, 1.165) is 22.2 Å². The van der Waals surface area contributed by atoms with Gasteiger partial charge in [-0.1, -0.05) is 54.6 Å². The van der Waals surface area contributed by atoms with E-state index in [-0.39, 0.29) is 5.56 Å². The lowest BCUT2D eigenvalue weighted by Gasteiger charge is -2.10. The summed E-state index contributed by atoms with van der Waals surface area (Å²) in [4.78, 5) is 27.8. The third-order valence-electron chi connectivity index (χ3n) is 5.02. The van der Waals surface area contributed by atoms with Crippen molar-refractivity contribution < 1.29 is 19.4 Å². The lowest BCUT2D eigenvalue weighted by atomic mass is 10.0. The van der Waals surface area contributed by atoms with Crippen LogP contribution >= 0.6 is 0 Å². The summed E-state index contributed by atoms with van der Waals surface area (Å²) in [7, 11) is 1.46. The molecular formula is C24H21N3O4. The highest BCUT2D eigenvalue weighted by Gasteiger charge is 2.20. The standard InChI is InChI=1S/C24H21N3O4/c1-31-20-12-11-19-23(22(20)24(30)25-13-21(28)29)26-15-27(19)14-16-7-9-18(10-8-16)17-5-3-2-4-6-17/h2-12,15H,13-14H2,1H3,(H,25,30)(H,28,29). The zero-order chi connectivity index (χ0) is 21.8. The molecule has 0 atom stereocenters. The molecule has 7 nitrogen and oxygen atoms in total. The number of amides is 1. The molecule has 0 spiro atoms. The largest absolute Gasteiger partial charge is 0.496 e. The molecule has 0 aliphatic heterocycles. The molecule has 7 heteroatoms. The molecule has 4 aromatic rings. The van der Waals surface area contributed by atoms with Gasteiger partial charge in [0.1, 0.15) is 23.4 Å². The van der Waals surface area contributed by atoms with Crippen LogP contribution in [0, 0.1) is 0 Å². The van der Waals surface area contributed by atoms with Crippen molar-refractivity contribution in [2.45, 2.75) is 6.54 Å². The summed E-state index contributed by atoms with van der Waals surface area (Å²) in [5.41, 5.74) is 4.83. The van der Waals surface area contributed by atoms with Crippen molar-refractivity contribution in [1.29, 1.82) is 0 Å². The van der Waals surface area contributed by atoms with E-state index < -0.39 is 18.4 Å². The molecule has 0 aliphatic rings. The number of nitrogens with zero attached hydrogens (tertiary/aromatic N) is 2. The molecule has 0 bridgehead atoms. The fourth-order valence-corrected chi connectivity index (χ4v) is 3.50. The Bertz CT molecular complexity index is 1230. The Hall–Kier alpha value is -4.13. The highest BCUT2D eigenvalue weighted by atomic mass is 16.5. The van der Waals surface area contributed by atoms with E-state index >= 15 is 0 Å². The molecule has 2 N–H and O–H groups in total. The molecule has 0 unspecified atom stereocenters. The Morgan fingerprint density at radius 2 is 1.71 bits per heavy atom. The summed E-state index contributed by atoms with van der Waals surface area (Å²) in [6, 6.07) is 22.0. The van der Waals surface area contributed by atoms with Gasteiger partial charge in [-0.3, -0.25) is 9.59 Å². The number of methoxy groups -OCH3 is 1. The van der Waals surface area contributed by atoms with Gasteiger partial charge in [-0.05, 0) is 28.8 Å². The highest BCUT2D eigenvalue weighted by Crippen LogP contribution is 2.28. The average molecular weight is 415 g/mol. The minimum Gasteiger partial charge on any atom is -0.496 e. The molecule has 0 fully saturated rings. The number of rotatable bonds is 7. The molecule has 1 heterocycles. The maximum Gasteiger partial charge on any atom is 0.322 e. The summed E-state index contributed by atoms with van der Waals surface area (Å²) >= 11 is 0. The summed E-state index contributed by atoms with van der Waals surface area (Å²) in [5, 5.41) is 11.2. The van der Waals surface area contributed by atoms with E-state index in [1.807, 2.05) is 28.8 Å². The number of hydrogen-bond acceptors (Lipinski definition) is 4. The van der Waals surface area contributed by atoms with Crippen LogP contribution in [0.4, 0.5) is 0 Å². The van der Waals surface area contributed by atoms with Crippen LogP contribution in [-0.4, -0.2) is 40.2 Å². The van der Waals surface area contributed by atoms with Gasteiger partial charge in [-0.15, -0.1) is 0 Å². The molecule has 1 amide bonds. The number of hydrogen-bond donors (Lipinski definition) is 2. The van der Waals surface area contributed by atoms with Gasteiger partial charge >= 0.3 is 5.97 Å². The first kappa shape index (κ1) is 20.2. The van der Waals surface area contributed by atoms with Crippen LogP contribution in [0.25, 0.3) is 22.2 Å². The predicted molar refractivity (Wildman–Crippen MR) is 117 cm³/mol.